The van der Waals surface area contributed by atoms with Crippen LogP contribution in [0.4, 0.5) is 4.39 Å². The number of nitrogens with zero attached hydrogens (tertiary/aromatic N) is 2. The van der Waals surface area contributed by atoms with Crippen molar-refractivity contribution in [3.05, 3.63) is 65.0 Å². The zero-order valence-electron chi connectivity index (χ0n) is 16.9. The molecule has 1 fully saturated rings. The number of carbonyl (C=O) groups excluding carboxylic acids is 2. The molecule has 1 aliphatic heterocycles. The first kappa shape index (κ1) is 21.9. The van der Waals surface area contributed by atoms with Crippen LogP contribution in [0.25, 0.3) is 0 Å². The summed E-state index contributed by atoms with van der Waals surface area (Å²) in [7, 11) is -3.68. The molecule has 1 saturated heterocycles. The molecule has 1 heterocycles. The van der Waals surface area contributed by atoms with Crippen molar-refractivity contribution in [2.75, 3.05) is 32.7 Å². The number of benzene rings is 2. The van der Waals surface area contributed by atoms with Crippen LogP contribution in [0.15, 0.2) is 47.4 Å². The second-order valence-electron chi connectivity index (χ2n) is 7.04. The Morgan fingerprint density at radius 1 is 0.967 bits per heavy atom. The van der Waals surface area contributed by atoms with E-state index in [0.717, 1.165) is 0 Å². The monoisotopic (exact) mass is 433 g/mol. The molecule has 0 spiro atoms. The van der Waals surface area contributed by atoms with Crippen molar-refractivity contribution >= 4 is 21.8 Å². The van der Waals surface area contributed by atoms with E-state index < -0.39 is 21.7 Å². The van der Waals surface area contributed by atoms with Crippen molar-refractivity contribution in [2.45, 2.75) is 18.7 Å². The molecular weight excluding hydrogens is 409 g/mol. The number of sulfonamides is 1. The Bertz CT molecular complexity index is 1060. The van der Waals surface area contributed by atoms with Gasteiger partial charge in [0.25, 0.3) is 11.8 Å². The van der Waals surface area contributed by atoms with Crippen molar-refractivity contribution in [1.29, 1.82) is 0 Å². The highest BCUT2D eigenvalue weighted by Gasteiger charge is 2.28. The molecule has 9 heteroatoms. The average molecular weight is 434 g/mol. The van der Waals surface area contributed by atoms with Gasteiger partial charge in [-0.2, -0.15) is 0 Å². The Kier molecular flexibility index (Phi) is 6.52. The van der Waals surface area contributed by atoms with Crippen molar-refractivity contribution in [3.63, 3.8) is 0 Å². The summed E-state index contributed by atoms with van der Waals surface area (Å²) in [4.78, 5) is 28.7. The number of carbonyl (C=O) groups is 2. The minimum absolute atomic E-state index is 0.00875. The molecule has 1 N–H and O–H groups in total. The van der Waals surface area contributed by atoms with E-state index in [-0.39, 0.29) is 49.1 Å². The quantitative estimate of drug-likeness (QED) is 0.782. The van der Waals surface area contributed by atoms with Gasteiger partial charge in [-0.15, -0.1) is 0 Å². The third-order valence-electron chi connectivity index (χ3n) is 5.04. The summed E-state index contributed by atoms with van der Waals surface area (Å²) in [6, 6.07) is 10.3. The fourth-order valence-corrected chi connectivity index (χ4v) is 4.43. The van der Waals surface area contributed by atoms with Gasteiger partial charge < -0.3 is 9.80 Å². The maximum Gasteiger partial charge on any atom is 0.256 e. The molecule has 160 valence electrons. The average Bonchev–Trinajstić information content (AvgIpc) is 2.73. The Hall–Kier alpha value is -2.78. The fraction of sp³-hybridized carbons (Fsp3) is 0.333. The Labute approximate surface area is 175 Å². The fourth-order valence-electron chi connectivity index (χ4n) is 3.36. The molecule has 0 saturated carbocycles. The van der Waals surface area contributed by atoms with Crippen molar-refractivity contribution in [3.8, 4) is 0 Å². The minimum Gasteiger partial charge on any atom is -0.335 e. The van der Waals surface area contributed by atoms with E-state index in [0.29, 0.717) is 11.1 Å². The second kappa shape index (κ2) is 8.93. The second-order valence-corrected chi connectivity index (χ2v) is 8.81. The van der Waals surface area contributed by atoms with Crippen LogP contribution >= 0.6 is 0 Å². The standard InChI is InChI=1S/C21H24FN3O4S/c1-3-23-30(28,29)16-9-8-15(2)18(14-16)21(27)25-12-10-24(11-13-25)20(26)17-6-4-5-7-19(17)22/h4-9,14,23H,3,10-13H2,1-2H3. The zero-order valence-corrected chi connectivity index (χ0v) is 17.7. The maximum absolute atomic E-state index is 13.9. The smallest absolute Gasteiger partial charge is 0.256 e. The number of amides is 2. The van der Waals surface area contributed by atoms with Crippen LogP contribution in [0.1, 0.15) is 33.2 Å². The first-order valence-electron chi connectivity index (χ1n) is 9.68. The van der Waals surface area contributed by atoms with Gasteiger partial charge in [0.15, 0.2) is 0 Å². The summed E-state index contributed by atoms with van der Waals surface area (Å²) in [5.41, 5.74) is 0.984. The van der Waals surface area contributed by atoms with Gasteiger partial charge in [-0.3, -0.25) is 9.59 Å². The van der Waals surface area contributed by atoms with E-state index >= 15 is 0 Å². The van der Waals surface area contributed by atoms with E-state index in [1.165, 1.54) is 35.2 Å². The number of aryl methyl sites for hydroxylation is 1. The molecule has 2 aromatic rings. The summed E-state index contributed by atoms with van der Waals surface area (Å²) >= 11 is 0. The number of halogens is 1. The van der Waals surface area contributed by atoms with Crippen molar-refractivity contribution in [1.82, 2.24) is 14.5 Å². The predicted molar refractivity (Wildman–Crippen MR) is 110 cm³/mol. The maximum atomic E-state index is 13.9. The molecule has 0 unspecified atom stereocenters. The summed E-state index contributed by atoms with van der Waals surface area (Å²) < 4.78 is 40.8. The summed E-state index contributed by atoms with van der Waals surface area (Å²) in [6.07, 6.45) is 0. The zero-order chi connectivity index (χ0) is 21.9. The van der Waals surface area contributed by atoms with E-state index in [9.17, 15) is 22.4 Å². The molecule has 0 aromatic heterocycles. The van der Waals surface area contributed by atoms with Crippen molar-refractivity contribution in [2.24, 2.45) is 0 Å². The highest BCUT2D eigenvalue weighted by Crippen LogP contribution is 2.19. The summed E-state index contributed by atoms with van der Waals surface area (Å²) in [6.45, 7) is 4.78. The highest BCUT2D eigenvalue weighted by molar-refractivity contribution is 7.89. The number of hydrogen-bond donors (Lipinski definition) is 1. The first-order chi connectivity index (χ1) is 14.2. The lowest BCUT2D eigenvalue weighted by molar-refractivity contribution is 0.0532. The number of nitrogens with one attached hydrogen (secondary N) is 1. The normalized spacial score (nSPS) is 14.6. The largest absolute Gasteiger partial charge is 0.335 e. The Morgan fingerprint density at radius 3 is 2.10 bits per heavy atom. The lowest BCUT2D eigenvalue weighted by Crippen LogP contribution is -2.50. The molecular formula is C21H24FN3O4S. The summed E-state index contributed by atoms with van der Waals surface area (Å²) in [5, 5.41) is 0. The van der Waals surface area contributed by atoms with Crippen LogP contribution < -0.4 is 4.72 Å². The van der Waals surface area contributed by atoms with Crippen LogP contribution in [-0.4, -0.2) is 62.8 Å². The van der Waals surface area contributed by atoms with Gasteiger partial charge in [-0.1, -0.05) is 25.1 Å². The van der Waals surface area contributed by atoms with Crippen LogP contribution in [0.3, 0.4) is 0 Å². The molecule has 2 aromatic carbocycles. The third-order valence-corrected chi connectivity index (χ3v) is 6.59. The lowest BCUT2D eigenvalue weighted by atomic mass is 10.1. The minimum atomic E-state index is -3.68. The van der Waals surface area contributed by atoms with Crippen LogP contribution in [0, 0.1) is 12.7 Å². The molecule has 30 heavy (non-hydrogen) atoms. The van der Waals surface area contributed by atoms with Gasteiger partial charge >= 0.3 is 0 Å². The molecule has 1 aliphatic rings. The Balaban J connectivity index is 1.73. The molecule has 0 bridgehead atoms. The topological polar surface area (TPSA) is 86.8 Å². The summed E-state index contributed by atoms with van der Waals surface area (Å²) in [5.74, 6) is -1.27. The molecule has 7 nitrogen and oxygen atoms in total. The number of piperazine rings is 1. The molecule has 0 aliphatic carbocycles. The third kappa shape index (κ3) is 4.52. The van der Waals surface area contributed by atoms with E-state index in [1.54, 1.807) is 30.9 Å². The van der Waals surface area contributed by atoms with Crippen LogP contribution in [-0.2, 0) is 10.0 Å². The van der Waals surface area contributed by atoms with Gasteiger partial charge in [0.05, 0.1) is 10.5 Å². The van der Waals surface area contributed by atoms with Gasteiger partial charge in [-0.05, 0) is 36.8 Å². The molecule has 0 atom stereocenters. The number of rotatable bonds is 5. The molecule has 3 rings (SSSR count). The van der Waals surface area contributed by atoms with Gasteiger partial charge in [0.2, 0.25) is 10.0 Å². The van der Waals surface area contributed by atoms with Gasteiger partial charge in [0.1, 0.15) is 5.82 Å². The SMILES string of the molecule is CCNS(=O)(=O)c1ccc(C)c(C(=O)N2CCN(C(=O)c3ccccc3F)CC2)c1. The molecule has 0 radical (unpaired) electrons. The molecule has 2 amide bonds. The highest BCUT2D eigenvalue weighted by atomic mass is 32.2. The van der Waals surface area contributed by atoms with Gasteiger partial charge in [0, 0.05) is 38.3 Å². The lowest BCUT2D eigenvalue weighted by Gasteiger charge is -2.35. The first-order valence-corrected chi connectivity index (χ1v) is 11.2. The predicted octanol–water partition coefficient (Wildman–Crippen LogP) is 2.03. The van der Waals surface area contributed by atoms with E-state index in [1.807, 2.05) is 0 Å². The Morgan fingerprint density at radius 2 is 1.53 bits per heavy atom. The van der Waals surface area contributed by atoms with E-state index in [4.69, 9.17) is 0 Å². The van der Waals surface area contributed by atoms with Crippen LogP contribution in [0.2, 0.25) is 0 Å². The van der Waals surface area contributed by atoms with Crippen molar-refractivity contribution < 1.29 is 22.4 Å². The number of hydrogen-bond acceptors (Lipinski definition) is 4. The van der Waals surface area contributed by atoms with Gasteiger partial charge in [-0.25, -0.2) is 17.5 Å². The van der Waals surface area contributed by atoms with E-state index in [2.05, 4.69) is 4.72 Å². The van der Waals surface area contributed by atoms with Crippen LogP contribution in [0.5, 0.6) is 0 Å².